The van der Waals surface area contributed by atoms with E-state index in [2.05, 4.69) is 20.6 Å². The number of aromatic nitrogens is 2. The molecule has 2 rings (SSSR count). The number of nitrogens with one attached hydrogen (secondary N) is 2. The third-order valence-electron chi connectivity index (χ3n) is 2.87. The lowest BCUT2D eigenvalue weighted by Crippen LogP contribution is -2.14. The smallest absolute Gasteiger partial charge is 0.224 e. The van der Waals surface area contributed by atoms with Gasteiger partial charge in [-0.25, -0.2) is 9.37 Å². The molecule has 1 fully saturated rings. The zero-order valence-corrected chi connectivity index (χ0v) is 11.3. The Morgan fingerprint density at radius 3 is 2.95 bits per heavy atom. The fourth-order valence-corrected chi connectivity index (χ4v) is 1.59. The van der Waals surface area contributed by atoms with Crippen LogP contribution in [0.3, 0.4) is 0 Å². The summed E-state index contributed by atoms with van der Waals surface area (Å²) in [6.45, 7) is 4.76. The van der Waals surface area contributed by atoms with E-state index in [4.69, 9.17) is 4.74 Å². The molecule has 0 saturated heterocycles. The SMILES string of the molecule is CCCNc1ncc(F)c(NCCOCC2CC2)n1. The van der Waals surface area contributed by atoms with Gasteiger partial charge in [-0.15, -0.1) is 0 Å². The van der Waals surface area contributed by atoms with Crippen LogP contribution in [0.15, 0.2) is 6.20 Å². The molecule has 106 valence electrons. The van der Waals surface area contributed by atoms with E-state index >= 15 is 0 Å². The van der Waals surface area contributed by atoms with Crippen molar-refractivity contribution in [3.8, 4) is 0 Å². The summed E-state index contributed by atoms with van der Waals surface area (Å²) in [5, 5.41) is 5.96. The summed E-state index contributed by atoms with van der Waals surface area (Å²) in [5.41, 5.74) is 0. The highest BCUT2D eigenvalue weighted by Crippen LogP contribution is 2.28. The van der Waals surface area contributed by atoms with E-state index < -0.39 is 5.82 Å². The largest absolute Gasteiger partial charge is 0.379 e. The van der Waals surface area contributed by atoms with Crippen LogP contribution < -0.4 is 10.6 Å². The number of rotatable bonds is 9. The second-order valence-electron chi connectivity index (χ2n) is 4.76. The molecule has 2 N–H and O–H groups in total. The maximum atomic E-state index is 13.5. The van der Waals surface area contributed by atoms with E-state index in [0.29, 0.717) is 19.1 Å². The number of anilines is 2. The van der Waals surface area contributed by atoms with Gasteiger partial charge in [0, 0.05) is 19.7 Å². The Kier molecular flexibility index (Phi) is 5.32. The lowest BCUT2D eigenvalue weighted by molar-refractivity contribution is 0.134. The molecule has 19 heavy (non-hydrogen) atoms. The Labute approximate surface area is 113 Å². The van der Waals surface area contributed by atoms with Crippen molar-refractivity contribution in [3.63, 3.8) is 0 Å². The van der Waals surface area contributed by atoms with E-state index in [9.17, 15) is 4.39 Å². The van der Waals surface area contributed by atoms with Crippen LogP contribution in [0, 0.1) is 11.7 Å². The molecule has 0 bridgehead atoms. The van der Waals surface area contributed by atoms with Crippen LogP contribution in [-0.2, 0) is 4.74 Å². The first-order valence-electron chi connectivity index (χ1n) is 6.87. The van der Waals surface area contributed by atoms with Gasteiger partial charge in [0.25, 0.3) is 0 Å². The lowest BCUT2D eigenvalue weighted by atomic mass is 10.4. The Bertz CT molecular complexity index is 398. The van der Waals surface area contributed by atoms with Crippen molar-refractivity contribution in [2.75, 3.05) is 36.9 Å². The zero-order chi connectivity index (χ0) is 13.5. The van der Waals surface area contributed by atoms with Crippen molar-refractivity contribution in [1.29, 1.82) is 0 Å². The Morgan fingerprint density at radius 1 is 1.37 bits per heavy atom. The van der Waals surface area contributed by atoms with Crippen molar-refractivity contribution in [3.05, 3.63) is 12.0 Å². The van der Waals surface area contributed by atoms with Crippen LogP contribution in [0.1, 0.15) is 26.2 Å². The highest BCUT2D eigenvalue weighted by molar-refractivity contribution is 5.40. The summed E-state index contributed by atoms with van der Waals surface area (Å²) in [6, 6.07) is 0. The summed E-state index contributed by atoms with van der Waals surface area (Å²) in [7, 11) is 0. The van der Waals surface area contributed by atoms with Gasteiger partial charge in [-0.05, 0) is 25.2 Å². The van der Waals surface area contributed by atoms with Gasteiger partial charge in [-0.1, -0.05) is 6.92 Å². The van der Waals surface area contributed by atoms with Gasteiger partial charge in [0.2, 0.25) is 5.95 Å². The van der Waals surface area contributed by atoms with Crippen molar-refractivity contribution in [1.82, 2.24) is 9.97 Å². The van der Waals surface area contributed by atoms with Crippen LogP contribution in [0.4, 0.5) is 16.2 Å². The third kappa shape index (κ3) is 4.98. The first kappa shape index (κ1) is 14.0. The van der Waals surface area contributed by atoms with Gasteiger partial charge >= 0.3 is 0 Å². The van der Waals surface area contributed by atoms with Crippen LogP contribution >= 0.6 is 0 Å². The second kappa shape index (κ2) is 7.23. The van der Waals surface area contributed by atoms with Gasteiger partial charge in [-0.2, -0.15) is 4.98 Å². The van der Waals surface area contributed by atoms with Crippen molar-refractivity contribution >= 4 is 11.8 Å². The Hall–Kier alpha value is -1.43. The molecular formula is C13H21FN4O. The number of nitrogens with zero attached hydrogens (tertiary/aromatic N) is 2. The predicted octanol–water partition coefficient (Wildman–Crippen LogP) is 2.28. The molecule has 0 aromatic carbocycles. The molecule has 1 saturated carbocycles. The molecule has 0 aliphatic heterocycles. The average Bonchev–Trinajstić information content (AvgIpc) is 3.23. The number of halogens is 1. The second-order valence-corrected chi connectivity index (χ2v) is 4.76. The highest BCUT2D eigenvalue weighted by atomic mass is 19.1. The number of hydrogen-bond donors (Lipinski definition) is 2. The Morgan fingerprint density at radius 2 is 2.21 bits per heavy atom. The molecule has 0 amide bonds. The fourth-order valence-electron chi connectivity index (χ4n) is 1.59. The van der Waals surface area contributed by atoms with Gasteiger partial charge in [0.1, 0.15) is 0 Å². The molecule has 1 heterocycles. The predicted molar refractivity (Wildman–Crippen MR) is 72.8 cm³/mol. The average molecular weight is 268 g/mol. The quantitative estimate of drug-likeness (QED) is 0.673. The lowest BCUT2D eigenvalue weighted by Gasteiger charge is -2.09. The van der Waals surface area contributed by atoms with E-state index in [1.165, 1.54) is 19.0 Å². The van der Waals surface area contributed by atoms with Crippen LogP contribution in [-0.4, -0.2) is 36.3 Å². The molecule has 1 aromatic heterocycles. The fraction of sp³-hybridized carbons (Fsp3) is 0.692. The van der Waals surface area contributed by atoms with E-state index in [-0.39, 0.29) is 5.82 Å². The molecule has 1 aliphatic carbocycles. The summed E-state index contributed by atoms with van der Waals surface area (Å²) >= 11 is 0. The first-order valence-corrected chi connectivity index (χ1v) is 6.87. The topological polar surface area (TPSA) is 59.1 Å². The zero-order valence-electron chi connectivity index (χ0n) is 11.3. The summed E-state index contributed by atoms with van der Waals surface area (Å²) in [4.78, 5) is 7.97. The van der Waals surface area contributed by atoms with Crippen LogP contribution in [0.25, 0.3) is 0 Å². The molecule has 0 atom stereocenters. The normalized spacial score (nSPS) is 14.4. The van der Waals surface area contributed by atoms with Crippen LogP contribution in [0.5, 0.6) is 0 Å². The van der Waals surface area contributed by atoms with Crippen molar-refractivity contribution < 1.29 is 9.13 Å². The van der Waals surface area contributed by atoms with Gasteiger partial charge < -0.3 is 15.4 Å². The molecule has 1 aromatic rings. The first-order chi connectivity index (χ1) is 9.29. The molecule has 0 unspecified atom stereocenters. The summed E-state index contributed by atoms with van der Waals surface area (Å²) in [5.74, 6) is 0.984. The van der Waals surface area contributed by atoms with Crippen molar-refractivity contribution in [2.45, 2.75) is 26.2 Å². The molecular weight excluding hydrogens is 247 g/mol. The minimum absolute atomic E-state index is 0.226. The Balaban J connectivity index is 1.73. The van der Waals surface area contributed by atoms with E-state index in [1.807, 2.05) is 6.92 Å². The molecule has 5 nitrogen and oxygen atoms in total. The van der Waals surface area contributed by atoms with Gasteiger partial charge in [0.05, 0.1) is 12.8 Å². The van der Waals surface area contributed by atoms with Gasteiger partial charge in [0.15, 0.2) is 11.6 Å². The molecule has 0 spiro atoms. The van der Waals surface area contributed by atoms with Crippen LogP contribution in [0.2, 0.25) is 0 Å². The summed E-state index contributed by atoms with van der Waals surface area (Å²) in [6.07, 6.45) is 4.71. The molecule has 1 aliphatic rings. The van der Waals surface area contributed by atoms with E-state index in [1.54, 1.807) is 0 Å². The maximum Gasteiger partial charge on any atom is 0.224 e. The molecule has 6 heteroatoms. The summed E-state index contributed by atoms with van der Waals surface area (Å²) < 4.78 is 19.0. The molecule has 0 radical (unpaired) electrons. The number of hydrogen-bond acceptors (Lipinski definition) is 5. The third-order valence-corrected chi connectivity index (χ3v) is 2.87. The minimum Gasteiger partial charge on any atom is -0.379 e. The maximum absolute atomic E-state index is 13.5. The monoisotopic (exact) mass is 268 g/mol. The highest BCUT2D eigenvalue weighted by Gasteiger charge is 2.20. The van der Waals surface area contributed by atoms with E-state index in [0.717, 1.165) is 25.5 Å². The minimum atomic E-state index is -0.441. The number of ether oxygens (including phenoxy) is 1. The standard InChI is InChI=1S/C13H21FN4O/c1-2-5-16-13-17-8-11(14)12(18-13)15-6-7-19-9-10-3-4-10/h8,10H,2-7,9H2,1H3,(H2,15,16,17,18). The van der Waals surface area contributed by atoms with Gasteiger partial charge in [-0.3, -0.25) is 0 Å². The van der Waals surface area contributed by atoms with Crippen molar-refractivity contribution in [2.24, 2.45) is 5.92 Å².